The van der Waals surface area contributed by atoms with Crippen molar-refractivity contribution in [1.82, 2.24) is 5.43 Å². The Bertz CT molecular complexity index is 1080. The van der Waals surface area contributed by atoms with E-state index in [2.05, 4.69) is 28.0 Å². The fourth-order valence-electron chi connectivity index (χ4n) is 3.07. The lowest BCUT2D eigenvalue weighted by Crippen LogP contribution is -2.24. The monoisotopic (exact) mass is 447 g/mol. The van der Waals surface area contributed by atoms with Gasteiger partial charge in [-0.15, -0.1) is 0 Å². The average molecular weight is 448 g/mol. The van der Waals surface area contributed by atoms with Crippen molar-refractivity contribution in [2.24, 2.45) is 5.10 Å². The van der Waals surface area contributed by atoms with Gasteiger partial charge in [0, 0.05) is 17.7 Å². The van der Waals surface area contributed by atoms with Gasteiger partial charge in [0.1, 0.15) is 5.75 Å². The van der Waals surface area contributed by atoms with Crippen molar-refractivity contribution in [3.05, 3.63) is 83.4 Å². The van der Waals surface area contributed by atoms with Gasteiger partial charge in [0.25, 0.3) is 0 Å². The maximum atomic E-state index is 12.0. The first-order valence-corrected chi connectivity index (χ1v) is 10.7. The number of nitrogens with one attached hydrogen (secondary N) is 2. The van der Waals surface area contributed by atoms with E-state index in [0.717, 1.165) is 16.9 Å². The van der Waals surface area contributed by atoms with Gasteiger partial charge in [-0.2, -0.15) is 5.10 Å². The number of rotatable bonds is 10. The average Bonchev–Trinajstić information content (AvgIpc) is 2.82. The largest absolute Gasteiger partial charge is 0.493 e. The molecule has 33 heavy (non-hydrogen) atoms. The first-order valence-electron chi connectivity index (χ1n) is 10.7. The number of nitrogens with zero attached hydrogens (tertiary/aromatic N) is 1. The number of aryl methyl sites for hydroxylation is 2. The highest BCUT2D eigenvalue weighted by atomic mass is 16.5. The minimum absolute atomic E-state index is 0.438. The van der Waals surface area contributed by atoms with Crippen LogP contribution < -0.4 is 25.0 Å². The Labute approximate surface area is 194 Å². The van der Waals surface area contributed by atoms with Crippen LogP contribution in [0.15, 0.2) is 71.8 Å². The number of hydrogen-bond acceptors (Lipinski definition) is 5. The van der Waals surface area contributed by atoms with Crippen LogP contribution in [0.25, 0.3) is 0 Å². The van der Waals surface area contributed by atoms with Crippen LogP contribution in [-0.2, 0) is 0 Å². The van der Waals surface area contributed by atoms with E-state index >= 15 is 0 Å². The van der Waals surface area contributed by atoms with Gasteiger partial charge in [-0.3, -0.25) is 0 Å². The molecule has 0 radical (unpaired) electrons. The van der Waals surface area contributed by atoms with Crippen molar-refractivity contribution in [1.29, 1.82) is 0 Å². The summed E-state index contributed by atoms with van der Waals surface area (Å²) in [6, 6.07) is 20.3. The van der Waals surface area contributed by atoms with Crippen LogP contribution in [0.4, 0.5) is 10.5 Å². The van der Waals surface area contributed by atoms with Gasteiger partial charge < -0.3 is 19.5 Å². The van der Waals surface area contributed by atoms with Gasteiger partial charge in [-0.25, -0.2) is 10.2 Å². The standard InChI is InChI=1S/C26H29N3O4/c1-19-13-14-20(2)24(17-19)32-15-8-16-33-25-21(9-7-12-23(25)31-3)18-27-29-26(30)28-22-10-5-4-6-11-22/h4-7,9-14,17-18H,8,15-16H2,1-3H3,(H2,28,29,30)/b27-18+. The van der Waals surface area contributed by atoms with Crippen molar-refractivity contribution in [2.45, 2.75) is 20.3 Å². The number of anilines is 1. The SMILES string of the molecule is COc1cccc(/C=N/NC(=O)Nc2ccccc2)c1OCCCOc1cc(C)ccc1C. The van der Waals surface area contributed by atoms with E-state index in [9.17, 15) is 4.79 Å². The summed E-state index contributed by atoms with van der Waals surface area (Å²) in [5.41, 5.74) is 6.08. The Kier molecular flexibility index (Phi) is 8.71. The number of amides is 2. The van der Waals surface area contributed by atoms with Crippen molar-refractivity contribution < 1.29 is 19.0 Å². The molecule has 7 heteroatoms. The molecule has 172 valence electrons. The molecule has 0 unspecified atom stereocenters. The Morgan fingerprint density at radius 1 is 0.939 bits per heavy atom. The van der Waals surface area contributed by atoms with Crippen LogP contribution in [0.2, 0.25) is 0 Å². The summed E-state index contributed by atoms with van der Waals surface area (Å²) in [5, 5.41) is 6.73. The summed E-state index contributed by atoms with van der Waals surface area (Å²) in [6.45, 7) is 5.04. The summed E-state index contributed by atoms with van der Waals surface area (Å²) in [7, 11) is 1.58. The third kappa shape index (κ3) is 7.28. The Hall–Kier alpha value is -4.00. The molecule has 0 atom stereocenters. The molecule has 0 heterocycles. The Morgan fingerprint density at radius 3 is 2.52 bits per heavy atom. The zero-order valence-corrected chi connectivity index (χ0v) is 19.1. The predicted molar refractivity (Wildman–Crippen MR) is 131 cm³/mol. The third-order valence-electron chi connectivity index (χ3n) is 4.77. The summed E-state index contributed by atoms with van der Waals surface area (Å²) in [6.07, 6.45) is 2.22. The second kappa shape index (κ2) is 12.1. The van der Waals surface area contributed by atoms with Gasteiger partial charge in [0.15, 0.2) is 11.5 Å². The Morgan fingerprint density at radius 2 is 1.73 bits per heavy atom. The molecule has 0 saturated carbocycles. The second-order valence-corrected chi connectivity index (χ2v) is 7.39. The fraction of sp³-hybridized carbons (Fsp3) is 0.231. The number of ether oxygens (including phenoxy) is 3. The molecular formula is C26H29N3O4. The molecule has 0 fully saturated rings. The summed E-state index contributed by atoms with van der Waals surface area (Å²) in [4.78, 5) is 12.0. The highest BCUT2D eigenvalue weighted by Gasteiger charge is 2.10. The van der Waals surface area contributed by atoms with Crippen molar-refractivity contribution >= 4 is 17.9 Å². The van der Waals surface area contributed by atoms with Gasteiger partial charge in [-0.05, 0) is 55.3 Å². The molecule has 2 N–H and O–H groups in total. The predicted octanol–water partition coefficient (Wildman–Crippen LogP) is 5.32. The smallest absolute Gasteiger partial charge is 0.339 e. The maximum absolute atomic E-state index is 12.0. The zero-order chi connectivity index (χ0) is 23.5. The lowest BCUT2D eigenvalue weighted by molar-refractivity contribution is 0.239. The summed E-state index contributed by atoms with van der Waals surface area (Å²) < 4.78 is 17.3. The maximum Gasteiger partial charge on any atom is 0.339 e. The number of para-hydroxylation sites is 2. The van der Waals surface area contributed by atoms with Gasteiger partial charge in [0.2, 0.25) is 0 Å². The van der Waals surface area contributed by atoms with E-state index in [0.29, 0.717) is 42.4 Å². The first kappa shape index (κ1) is 23.7. The Balaban J connectivity index is 1.54. The quantitative estimate of drug-likeness (QED) is 0.251. The number of benzene rings is 3. The second-order valence-electron chi connectivity index (χ2n) is 7.39. The van der Waals surface area contributed by atoms with E-state index in [1.807, 2.05) is 56.3 Å². The summed E-state index contributed by atoms with van der Waals surface area (Å²) >= 11 is 0. The molecule has 0 saturated heterocycles. The lowest BCUT2D eigenvalue weighted by Gasteiger charge is -2.14. The molecule has 7 nitrogen and oxygen atoms in total. The van der Waals surface area contributed by atoms with Crippen LogP contribution in [0, 0.1) is 13.8 Å². The van der Waals surface area contributed by atoms with Crippen molar-refractivity contribution in [3.8, 4) is 17.2 Å². The van der Waals surface area contributed by atoms with Crippen molar-refractivity contribution in [3.63, 3.8) is 0 Å². The van der Waals surface area contributed by atoms with Gasteiger partial charge in [0.05, 0.1) is 26.5 Å². The number of methoxy groups -OCH3 is 1. The minimum Gasteiger partial charge on any atom is -0.493 e. The molecule has 0 aliphatic carbocycles. The molecule has 0 bridgehead atoms. The van der Waals surface area contributed by atoms with E-state index < -0.39 is 6.03 Å². The lowest BCUT2D eigenvalue weighted by atomic mass is 10.1. The van der Waals surface area contributed by atoms with E-state index in [1.54, 1.807) is 19.2 Å². The number of carbonyl (C=O) groups excluding carboxylic acids is 1. The van der Waals surface area contributed by atoms with Crippen LogP contribution >= 0.6 is 0 Å². The van der Waals surface area contributed by atoms with Crippen LogP contribution in [0.1, 0.15) is 23.1 Å². The van der Waals surface area contributed by atoms with E-state index in [4.69, 9.17) is 14.2 Å². The minimum atomic E-state index is -0.439. The zero-order valence-electron chi connectivity index (χ0n) is 19.1. The van der Waals surface area contributed by atoms with E-state index in [-0.39, 0.29) is 0 Å². The molecule has 3 aromatic rings. The van der Waals surface area contributed by atoms with Crippen LogP contribution in [0.5, 0.6) is 17.2 Å². The highest BCUT2D eigenvalue weighted by molar-refractivity contribution is 5.91. The van der Waals surface area contributed by atoms with Crippen molar-refractivity contribution in [2.75, 3.05) is 25.6 Å². The molecular weight excluding hydrogens is 418 g/mol. The number of hydrazone groups is 1. The molecule has 3 rings (SSSR count). The molecule has 0 aliphatic rings. The van der Waals surface area contributed by atoms with Gasteiger partial charge in [-0.1, -0.05) is 36.4 Å². The molecule has 0 aliphatic heterocycles. The van der Waals surface area contributed by atoms with Gasteiger partial charge >= 0.3 is 6.03 Å². The topological polar surface area (TPSA) is 81.2 Å². The molecule has 2 amide bonds. The van der Waals surface area contributed by atoms with E-state index in [1.165, 1.54) is 6.21 Å². The fourth-order valence-corrected chi connectivity index (χ4v) is 3.07. The molecule has 3 aromatic carbocycles. The number of hydrogen-bond donors (Lipinski definition) is 2. The third-order valence-corrected chi connectivity index (χ3v) is 4.77. The molecule has 0 aromatic heterocycles. The van der Waals surface area contributed by atoms with Crippen LogP contribution in [0.3, 0.4) is 0 Å². The number of urea groups is 1. The number of carbonyl (C=O) groups is 1. The first-order chi connectivity index (χ1) is 16.1. The highest BCUT2D eigenvalue weighted by Crippen LogP contribution is 2.30. The summed E-state index contributed by atoms with van der Waals surface area (Å²) in [5.74, 6) is 2.03. The molecule has 0 spiro atoms. The van der Waals surface area contributed by atoms with Crippen LogP contribution in [-0.4, -0.2) is 32.6 Å². The normalized spacial score (nSPS) is 10.6.